The van der Waals surface area contributed by atoms with E-state index >= 15 is 0 Å². The van der Waals surface area contributed by atoms with E-state index in [-0.39, 0.29) is 10.4 Å². The molecule has 0 radical (unpaired) electrons. The summed E-state index contributed by atoms with van der Waals surface area (Å²) in [5, 5.41) is -0.136. The Morgan fingerprint density at radius 3 is 2.53 bits per heavy atom. The fourth-order valence-corrected chi connectivity index (χ4v) is 2.00. The van der Waals surface area contributed by atoms with Gasteiger partial charge in [-0.3, -0.25) is 4.98 Å². The van der Waals surface area contributed by atoms with Gasteiger partial charge in [0, 0.05) is 18.0 Å². The summed E-state index contributed by atoms with van der Waals surface area (Å²) in [6.07, 6.45) is -1.56. The van der Waals surface area contributed by atoms with Crippen LogP contribution in [0.25, 0.3) is 0 Å². The van der Waals surface area contributed by atoms with E-state index in [0.717, 1.165) is 25.1 Å². The van der Waals surface area contributed by atoms with E-state index in [1.165, 1.54) is 0 Å². The number of hydrogen-bond donors (Lipinski definition) is 0. The van der Waals surface area contributed by atoms with Crippen LogP contribution in [0.2, 0.25) is 5.02 Å². The molecule has 1 aromatic heterocycles. The summed E-state index contributed by atoms with van der Waals surface area (Å²) in [4.78, 5) is 3.73. The molecule has 0 saturated heterocycles. The number of pyridine rings is 1. The number of alkyl halides is 4. The molecule has 1 heterocycles. The maximum atomic E-state index is 12.4. The zero-order valence-corrected chi connectivity index (χ0v) is 10.7. The van der Waals surface area contributed by atoms with Gasteiger partial charge in [-0.1, -0.05) is 24.9 Å². The fourth-order valence-electron chi connectivity index (χ4n) is 1.40. The van der Waals surface area contributed by atoms with Crippen LogP contribution in [0.15, 0.2) is 12.3 Å². The van der Waals surface area contributed by atoms with Crippen LogP contribution < -0.4 is 0 Å². The van der Waals surface area contributed by atoms with E-state index in [1.54, 1.807) is 0 Å². The molecule has 1 nitrogen and oxygen atoms in total. The van der Waals surface area contributed by atoms with Gasteiger partial charge in [0.2, 0.25) is 0 Å². The lowest BCUT2D eigenvalue weighted by Gasteiger charge is -2.11. The average molecular weight is 286 g/mol. The third-order valence-corrected chi connectivity index (χ3v) is 2.96. The molecule has 6 heteroatoms. The normalized spacial score (nSPS) is 13.8. The van der Waals surface area contributed by atoms with E-state index in [9.17, 15) is 13.2 Å². The molecule has 0 aliphatic carbocycles. The SMILES string of the molecule is CCCC(Cl)Cc1ncc(C(F)(F)F)cc1Cl. The van der Waals surface area contributed by atoms with Gasteiger partial charge >= 0.3 is 6.18 Å². The first kappa shape index (κ1) is 14.6. The van der Waals surface area contributed by atoms with Crippen LogP contribution in [0.4, 0.5) is 13.2 Å². The van der Waals surface area contributed by atoms with Gasteiger partial charge in [-0.05, 0) is 12.5 Å². The van der Waals surface area contributed by atoms with Crippen molar-refractivity contribution in [2.75, 3.05) is 0 Å². The molecule has 0 bridgehead atoms. The maximum Gasteiger partial charge on any atom is 0.417 e. The van der Waals surface area contributed by atoms with Crippen LogP contribution >= 0.6 is 23.2 Å². The first-order chi connectivity index (χ1) is 7.84. The number of aromatic nitrogens is 1. The van der Waals surface area contributed by atoms with Gasteiger partial charge in [0.25, 0.3) is 0 Å². The highest BCUT2D eigenvalue weighted by molar-refractivity contribution is 6.31. The quantitative estimate of drug-likeness (QED) is 0.731. The minimum Gasteiger partial charge on any atom is -0.259 e. The summed E-state index contributed by atoms with van der Waals surface area (Å²) < 4.78 is 37.1. The number of hydrogen-bond acceptors (Lipinski definition) is 1. The maximum absolute atomic E-state index is 12.4. The smallest absolute Gasteiger partial charge is 0.259 e. The Balaban J connectivity index is 2.83. The molecule has 0 aromatic carbocycles. The minimum atomic E-state index is -4.42. The molecule has 1 rings (SSSR count). The van der Waals surface area contributed by atoms with Gasteiger partial charge in [0.05, 0.1) is 16.3 Å². The molecule has 0 fully saturated rings. The van der Waals surface area contributed by atoms with Crippen molar-refractivity contribution in [3.63, 3.8) is 0 Å². The van der Waals surface area contributed by atoms with Crippen molar-refractivity contribution < 1.29 is 13.2 Å². The van der Waals surface area contributed by atoms with Gasteiger partial charge < -0.3 is 0 Å². The second-order valence-corrected chi connectivity index (χ2v) is 4.76. The van der Waals surface area contributed by atoms with Crippen LogP contribution in [0, 0.1) is 0 Å². The Kier molecular flexibility index (Phi) is 5.07. The lowest BCUT2D eigenvalue weighted by molar-refractivity contribution is -0.137. The van der Waals surface area contributed by atoms with Crippen molar-refractivity contribution >= 4 is 23.2 Å². The summed E-state index contributed by atoms with van der Waals surface area (Å²) in [6.45, 7) is 1.98. The zero-order valence-electron chi connectivity index (χ0n) is 9.19. The largest absolute Gasteiger partial charge is 0.417 e. The van der Waals surface area contributed by atoms with Crippen LogP contribution in [0.3, 0.4) is 0 Å². The van der Waals surface area contributed by atoms with Gasteiger partial charge in [-0.15, -0.1) is 11.6 Å². The van der Waals surface area contributed by atoms with Gasteiger partial charge in [-0.2, -0.15) is 13.2 Å². The van der Waals surface area contributed by atoms with Crippen molar-refractivity contribution in [3.05, 3.63) is 28.5 Å². The first-order valence-electron chi connectivity index (χ1n) is 5.20. The van der Waals surface area contributed by atoms with Crippen molar-refractivity contribution in [1.29, 1.82) is 0 Å². The predicted octanol–water partition coefficient (Wildman–Crippen LogP) is 4.70. The van der Waals surface area contributed by atoms with Crippen molar-refractivity contribution in [1.82, 2.24) is 4.98 Å². The highest BCUT2D eigenvalue weighted by Crippen LogP contribution is 2.31. The van der Waals surface area contributed by atoms with Crippen LogP contribution in [0.1, 0.15) is 31.0 Å². The van der Waals surface area contributed by atoms with Crippen molar-refractivity contribution in [3.8, 4) is 0 Å². The van der Waals surface area contributed by atoms with E-state index in [2.05, 4.69) is 4.98 Å². The van der Waals surface area contributed by atoms with Crippen LogP contribution in [-0.2, 0) is 12.6 Å². The Bertz CT molecular complexity index is 379. The second-order valence-electron chi connectivity index (χ2n) is 3.74. The zero-order chi connectivity index (χ0) is 13.1. The molecule has 0 N–H and O–H groups in total. The molecule has 17 heavy (non-hydrogen) atoms. The summed E-state index contributed by atoms with van der Waals surface area (Å²) in [5.74, 6) is 0. The summed E-state index contributed by atoms with van der Waals surface area (Å²) in [7, 11) is 0. The molecule has 1 unspecified atom stereocenters. The molecule has 0 aliphatic rings. The highest BCUT2D eigenvalue weighted by atomic mass is 35.5. The molecular formula is C11H12Cl2F3N. The molecule has 0 saturated carbocycles. The average Bonchev–Trinajstić information content (AvgIpc) is 2.20. The lowest BCUT2D eigenvalue weighted by atomic mass is 10.1. The lowest BCUT2D eigenvalue weighted by Crippen LogP contribution is -2.09. The summed E-state index contributed by atoms with van der Waals surface area (Å²) in [6, 6.07) is 0.888. The Labute approximate surface area is 108 Å². The van der Waals surface area contributed by atoms with Gasteiger partial charge in [0.1, 0.15) is 0 Å². The standard InChI is InChI=1S/C11H12Cl2F3N/c1-2-3-8(12)5-10-9(13)4-7(6-17-10)11(14,15)16/h4,6,8H,2-3,5H2,1H3. The summed E-state index contributed by atoms with van der Waals surface area (Å²) in [5.41, 5.74) is -0.430. The molecule has 1 aromatic rings. The monoisotopic (exact) mass is 285 g/mol. The predicted molar refractivity (Wildman–Crippen MR) is 62.5 cm³/mol. The fraction of sp³-hybridized carbons (Fsp3) is 0.545. The molecule has 1 atom stereocenters. The van der Waals surface area contributed by atoms with Crippen LogP contribution in [0.5, 0.6) is 0 Å². The van der Waals surface area contributed by atoms with Crippen LogP contribution in [-0.4, -0.2) is 10.4 Å². The Morgan fingerprint density at radius 2 is 2.06 bits per heavy atom. The number of rotatable bonds is 4. The third-order valence-electron chi connectivity index (χ3n) is 2.26. The van der Waals surface area contributed by atoms with Crippen molar-refractivity contribution in [2.24, 2.45) is 0 Å². The van der Waals surface area contributed by atoms with E-state index in [0.29, 0.717) is 12.1 Å². The highest BCUT2D eigenvalue weighted by Gasteiger charge is 2.31. The first-order valence-corrected chi connectivity index (χ1v) is 6.01. The topological polar surface area (TPSA) is 12.9 Å². The van der Waals surface area contributed by atoms with E-state index in [1.807, 2.05) is 6.92 Å². The molecule has 96 valence electrons. The molecular weight excluding hydrogens is 274 g/mol. The minimum absolute atomic E-state index is 0.0154. The third kappa shape index (κ3) is 4.36. The van der Waals surface area contributed by atoms with Crippen molar-refractivity contribution in [2.45, 2.75) is 37.7 Å². The number of halogens is 5. The molecule has 0 spiro atoms. The summed E-state index contributed by atoms with van der Waals surface area (Å²) >= 11 is 11.8. The number of nitrogens with zero attached hydrogens (tertiary/aromatic N) is 1. The second kappa shape index (κ2) is 5.91. The van der Waals surface area contributed by atoms with Gasteiger partial charge in [0.15, 0.2) is 0 Å². The van der Waals surface area contributed by atoms with E-state index in [4.69, 9.17) is 23.2 Å². The molecule has 0 amide bonds. The van der Waals surface area contributed by atoms with E-state index < -0.39 is 11.7 Å². The van der Waals surface area contributed by atoms with Gasteiger partial charge in [-0.25, -0.2) is 0 Å². The Hall–Kier alpha value is -0.480. The Morgan fingerprint density at radius 1 is 1.41 bits per heavy atom. The molecule has 0 aliphatic heterocycles.